The van der Waals surface area contributed by atoms with E-state index in [1.54, 1.807) is 6.92 Å². The van der Waals surface area contributed by atoms with Gasteiger partial charge in [-0.2, -0.15) is 0 Å². The Balaban J connectivity index is 2.15. The molecule has 1 heterocycles. The fourth-order valence-corrected chi connectivity index (χ4v) is 3.74. The molecule has 0 bridgehead atoms. The van der Waals surface area contributed by atoms with Crippen LogP contribution in [-0.4, -0.2) is 33.1 Å². The van der Waals surface area contributed by atoms with Crippen LogP contribution in [0.5, 0.6) is 5.75 Å². The van der Waals surface area contributed by atoms with E-state index < -0.39 is 9.84 Å². The standard InChI is InChI=1S/C15H23NO3S/c1-2-20(17,18)11-5-8-15(12-16)9-10-19-14-7-4-3-6-13(14)15/h3-4,6-7H,2,5,8-12,16H2,1H3. The van der Waals surface area contributed by atoms with Gasteiger partial charge in [0.2, 0.25) is 0 Å². The highest BCUT2D eigenvalue weighted by Gasteiger charge is 2.36. The number of sulfone groups is 1. The quantitative estimate of drug-likeness (QED) is 0.870. The van der Waals surface area contributed by atoms with Gasteiger partial charge in [0.1, 0.15) is 15.6 Å². The minimum Gasteiger partial charge on any atom is -0.493 e. The third kappa shape index (κ3) is 3.15. The third-order valence-electron chi connectivity index (χ3n) is 4.24. The molecule has 4 nitrogen and oxygen atoms in total. The second-order valence-corrected chi connectivity index (χ2v) is 7.89. The Morgan fingerprint density at radius 1 is 1.35 bits per heavy atom. The Labute approximate surface area is 121 Å². The van der Waals surface area contributed by atoms with Gasteiger partial charge in [-0.05, 0) is 25.3 Å². The van der Waals surface area contributed by atoms with E-state index in [9.17, 15) is 8.42 Å². The number of benzene rings is 1. The predicted molar refractivity (Wildman–Crippen MR) is 80.8 cm³/mol. The van der Waals surface area contributed by atoms with Gasteiger partial charge in [0.25, 0.3) is 0 Å². The lowest BCUT2D eigenvalue weighted by atomic mass is 9.73. The van der Waals surface area contributed by atoms with Crippen molar-refractivity contribution in [2.75, 3.05) is 24.7 Å². The molecule has 2 N–H and O–H groups in total. The summed E-state index contributed by atoms with van der Waals surface area (Å²) in [5, 5.41) is 0. The summed E-state index contributed by atoms with van der Waals surface area (Å²) in [5.74, 6) is 1.35. The van der Waals surface area contributed by atoms with E-state index in [1.165, 1.54) is 0 Å². The predicted octanol–water partition coefficient (Wildman–Crippen LogP) is 1.88. The maximum atomic E-state index is 11.6. The Kier molecular flexibility index (Phi) is 4.70. The average Bonchev–Trinajstić information content (AvgIpc) is 2.47. The maximum absolute atomic E-state index is 11.6. The molecule has 0 saturated carbocycles. The van der Waals surface area contributed by atoms with Crippen LogP contribution in [0.15, 0.2) is 24.3 Å². The summed E-state index contributed by atoms with van der Waals surface area (Å²) in [4.78, 5) is 0. The lowest BCUT2D eigenvalue weighted by Crippen LogP contribution is -2.40. The summed E-state index contributed by atoms with van der Waals surface area (Å²) in [6, 6.07) is 7.95. The van der Waals surface area contributed by atoms with E-state index in [1.807, 2.05) is 18.2 Å². The molecule has 1 aromatic rings. The topological polar surface area (TPSA) is 69.4 Å². The van der Waals surface area contributed by atoms with Crippen LogP contribution < -0.4 is 10.5 Å². The molecule has 0 saturated heterocycles. The van der Waals surface area contributed by atoms with Gasteiger partial charge in [-0.3, -0.25) is 0 Å². The van der Waals surface area contributed by atoms with Crippen molar-refractivity contribution < 1.29 is 13.2 Å². The molecule has 112 valence electrons. The molecule has 0 radical (unpaired) electrons. The third-order valence-corrected chi connectivity index (χ3v) is 6.03. The second-order valence-electron chi connectivity index (χ2n) is 5.42. The van der Waals surface area contributed by atoms with Gasteiger partial charge < -0.3 is 10.5 Å². The van der Waals surface area contributed by atoms with Crippen LogP contribution in [0.3, 0.4) is 0 Å². The molecule has 2 rings (SSSR count). The van der Waals surface area contributed by atoms with Gasteiger partial charge in [-0.1, -0.05) is 25.1 Å². The normalized spacial score (nSPS) is 22.1. The van der Waals surface area contributed by atoms with Gasteiger partial charge >= 0.3 is 0 Å². The Morgan fingerprint density at radius 3 is 2.80 bits per heavy atom. The van der Waals surface area contributed by atoms with E-state index >= 15 is 0 Å². The molecule has 1 unspecified atom stereocenters. The Hall–Kier alpha value is -1.07. The summed E-state index contributed by atoms with van der Waals surface area (Å²) in [5.41, 5.74) is 7.02. The van der Waals surface area contributed by atoms with Gasteiger partial charge in [-0.15, -0.1) is 0 Å². The summed E-state index contributed by atoms with van der Waals surface area (Å²) in [7, 11) is -2.90. The van der Waals surface area contributed by atoms with Crippen molar-refractivity contribution in [1.82, 2.24) is 0 Å². The minimum absolute atomic E-state index is 0.141. The van der Waals surface area contributed by atoms with Crippen LogP contribution in [0, 0.1) is 0 Å². The summed E-state index contributed by atoms with van der Waals surface area (Å²) < 4.78 is 28.9. The average molecular weight is 297 g/mol. The minimum atomic E-state index is -2.90. The number of fused-ring (bicyclic) bond motifs is 1. The largest absolute Gasteiger partial charge is 0.493 e. The fraction of sp³-hybridized carbons (Fsp3) is 0.600. The number of para-hydroxylation sites is 1. The molecule has 0 amide bonds. The van der Waals surface area contributed by atoms with Crippen molar-refractivity contribution in [3.8, 4) is 5.75 Å². The van der Waals surface area contributed by atoms with Crippen molar-refractivity contribution in [2.45, 2.75) is 31.6 Å². The van der Waals surface area contributed by atoms with Crippen LogP contribution >= 0.6 is 0 Å². The molecule has 1 atom stereocenters. The summed E-state index contributed by atoms with van der Waals surface area (Å²) >= 11 is 0. The zero-order valence-corrected chi connectivity index (χ0v) is 12.8. The van der Waals surface area contributed by atoms with Crippen molar-refractivity contribution in [3.05, 3.63) is 29.8 Å². The highest BCUT2D eigenvalue weighted by atomic mass is 32.2. The molecule has 0 spiro atoms. The molecular weight excluding hydrogens is 274 g/mol. The lowest BCUT2D eigenvalue weighted by molar-refractivity contribution is 0.208. The number of rotatable bonds is 6. The Bertz CT molecular complexity index is 556. The van der Waals surface area contributed by atoms with Gasteiger partial charge in [-0.25, -0.2) is 8.42 Å². The molecule has 0 fully saturated rings. The van der Waals surface area contributed by atoms with Gasteiger partial charge in [0.15, 0.2) is 0 Å². The van der Waals surface area contributed by atoms with Gasteiger partial charge in [0.05, 0.1) is 12.4 Å². The Morgan fingerprint density at radius 2 is 2.10 bits per heavy atom. The van der Waals surface area contributed by atoms with Crippen molar-refractivity contribution in [1.29, 1.82) is 0 Å². The highest BCUT2D eigenvalue weighted by Crippen LogP contribution is 2.41. The maximum Gasteiger partial charge on any atom is 0.150 e. The van der Waals surface area contributed by atoms with Crippen molar-refractivity contribution >= 4 is 9.84 Å². The smallest absolute Gasteiger partial charge is 0.150 e. The number of hydrogen-bond acceptors (Lipinski definition) is 4. The molecule has 1 aliphatic heterocycles. The van der Waals surface area contributed by atoms with E-state index in [2.05, 4.69) is 6.07 Å². The van der Waals surface area contributed by atoms with E-state index in [0.29, 0.717) is 19.6 Å². The van der Waals surface area contributed by atoms with Crippen LogP contribution in [0.1, 0.15) is 31.7 Å². The van der Waals surface area contributed by atoms with Crippen molar-refractivity contribution in [2.24, 2.45) is 5.73 Å². The van der Waals surface area contributed by atoms with Crippen molar-refractivity contribution in [3.63, 3.8) is 0 Å². The first kappa shape index (κ1) is 15.3. The first-order chi connectivity index (χ1) is 9.53. The molecule has 1 aliphatic rings. The van der Waals surface area contributed by atoms with Crippen LogP contribution in [0.2, 0.25) is 0 Å². The van der Waals surface area contributed by atoms with Gasteiger partial charge in [0, 0.05) is 23.3 Å². The molecule has 5 heteroatoms. The van der Waals surface area contributed by atoms with E-state index in [-0.39, 0.29) is 16.9 Å². The van der Waals surface area contributed by atoms with Crippen LogP contribution in [0.4, 0.5) is 0 Å². The molecule has 1 aromatic carbocycles. The molecule has 0 aromatic heterocycles. The SMILES string of the molecule is CCS(=O)(=O)CCCC1(CN)CCOc2ccccc21. The van der Waals surface area contributed by atoms with Crippen LogP contribution in [0.25, 0.3) is 0 Å². The first-order valence-electron chi connectivity index (χ1n) is 7.16. The first-order valence-corrected chi connectivity index (χ1v) is 8.98. The zero-order chi connectivity index (χ0) is 14.6. The molecule has 0 aliphatic carbocycles. The highest BCUT2D eigenvalue weighted by molar-refractivity contribution is 7.91. The monoisotopic (exact) mass is 297 g/mol. The molecule has 20 heavy (non-hydrogen) atoms. The van der Waals surface area contributed by atoms with Crippen LogP contribution in [-0.2, 0) is 15.3 Å². The van der Waals surface area contributed by atoms with E-state index in [4.69, 9.17) is 10.5 Å². The number of nitrogens with two attached hydrogens (primary N) is 1. The summed E-state index contributed by atoms with van der Waals surface area (Å²) in [6.07, 6.45) is 2.30. The second kappa shape index (κ2) is 6.14. The summed E-state index contributed by atoms with van der Waals surface area (Å²) in [6.45, 7) is 2.87. The fourth-order valence-electron chi connectivity index (χ4n) is 2.87. The molecular formula is C15H23NO3S. The zero-order valence-electron chi connectivity index (χ0n) is 12.0. The van der Waals surface area contributed by atoms with E-state index in [0.717, 1.165) is 24.2 Å². The lowest BCUT2D eigenvalue weighted by Gasteiger charge is -2.38. The number of hydrogen-bond donors (Lipinski definition) is 1. The number of ether oxygens (including phenoxy) is 1.